The Morgan fingerprint density at radius 1 is 1.50 bits per heavy atom. The lowest BCUT2D eigenvalue weighted by atomic mass is 10.6. The molecule has 0 fully saturated rings. The van der Waals surface area contributed by atoms with Gasteiger partial charge in [-0.05, 0) is 6.08 Å². The summed E-state index contributed by atoms with van der Waals surface area (Å²) in [7, 11) is 0. The smallest absolute Gasteiger partial charge is 0.313 e. The van der Waals surface area contributed by atoms with Gasteiger partial charge in [0.1, 0.15) is 6.34 Å². The third-order valence-electron chi connectivity index (χ3n) is 1.07. The van der Waals surface area contributed by atoms with Gasteiger partial charge in [-0.25, -0.2) is 0 Å². The standard InChI is InChI=1S/C5H4N4O/c1-2-6-8-5-9(3-1)4-7-10-5/h1-4H. The summed E-state index contributed by atoms with van der Waals surface area (Å²) in [6.45, 7) is 0. The molecule has 2 rings (SSSR count). The van der Waals surface area contributed by atoms with Crippen molar-refractivity contribution in [2.45, 2.75) is 0 Å². The van der Waals surface area contributed by atoms with Crippen molar-refractivity contribution in [3.8, 4) is 0 Å². The highest BCUT2D eigenvalue weighted by molar-refractivity contribution is 5.92. The Morgan fingerprint density at radius 3 is 3.50 bits per heavy atom. The van der Waals surface area contributed by atoms with E-state index < -0.39 is 0 Å². The molecule has 0 saturated carbocycles. The summed E-state index contributed by atoms with van der Waals surface area (Å²) in [4.78, 5) is 6.35. The molecule has 10 heavy (non-hydrogen) atoms. The van der Waals surface area contributed by atoms with Crippen molar-refractivity contribution in [3.63, 3.8) is 0 Å². The number of nitrogens with zero attached hydrogens (tertiary/aromatic N) is 4. The molecule has 0 spiro atoms. The molecule has 0 aliphatic carbocycles. The van der Waals surface area contributed by atoms with E-state index >= 15 is 0 Å². The molecule has 0 N–H and O–H groups in total. The zero-order valence-corrected chi connectivity index (χ0v) is 5.01. The summed E-state index contributed by atoms with van der Waals surface area (Å²) < 4.78 is 0. The molecule has 2 aliphatic rings. The van der Waals surface area contributed by atoms with Gasteiger partial charge in [-0.2, -0.15) is 5.10 Å². The van der Waals surface area contributed by atoms with Crippen molar-refractivity contribution in [1.82, 2.24) is 4.90 Å². The molecule has 0 unspecified atom stereocenters. The monoisotopic (exact) mass is 136 g/mol. The van der Waals surface area contributed by atoms with Crippen molar-refractivity contribution in [2.75, 3.05) is 0 Å². The first kappa shape index (κ1) is 5.16. The molecule has 0 amide bonds. The number of oxime groups is 1. The number of allylic oxidation sites excluding steroid dienone is 1. The number of hydrogen-bond donors (Lipinski definition) is 0. The topological polar surface area (TPSA) is 49.5 Å². The van der Waals surface area contributed by atoms with Crippen molar-refractivity contribution < 1.29 is 4.84 Å². The molecular weight excluding hydrogens is 132 g/mol. The number of rotatable bonds is 0. The Hall–Kier alpha value is -1.65. The van der Waals surface area contributed by atoms with Gasteiger partial charge < -0.3 is 4.84 Å². The van der Waals surface area contributed by atoms with E-state index in [-0.39, 0.29) is 0 Å². The maximum Gasteiger partial charge on any atom is 0.350 e. The minimum Gasteiger partial charge on any atom is -0.313 e. The molecule has 5 nitrogen and oxygen atoms in total. The minimum absolute atomic E-state index is 0.380. The zero-order chi connectivity index (χ0) is 6.81. The van der Waals surface area contributed by atoms with Gasteiger partial charge in [0.2, 0.25) is 0 Å². The van der Waals surface area contributed by atoms with E-state index in [0.717, 1.165) is 0 Å². The van der Waals surface area contributed by atoms with Crippen molar-refractivity contribution in [3.05, 3.63) is 12.3 Å². The number of amidine groups is 1. The van der Waals surface area contributed by atoms with E-state index in [1.807, 2.05) is 0 Å². The molecule has 0 aromatic heterocycles. The fourth-order valence-corrected chi connectivity index (χ4v) is 0.643. The van der Waals surface area contributed by atoms with E-state index in [9.17, 15) is 0 Å². The Kier molecular flexibility index (Phi) is 1.00. The molecule has 0 bridgehead atoms. The van der Waals surface area contributed by atoms with Crippen LogP contribution in [-0.4, -0.2) is 23.5 Å². The first-order valence-electron chi connectivity index (χ1n) is 2.73. The zero-order valence-electron chi connectivity index (χ0n) is 5.01. The van der Waals surface area contributed by atoms with Crippen molar-refractivity contribution >= 4 is 18.6 Å². The van der Waals surface area contributed by atoms with Crippen LogP contribution in [0.5, 0.6) is 0 Å². The lowest BCUT2D eigenvalue weighted by molar-refractivity contribution is 0.324. The lowest BCUT2D eigenvalue weighted by Gasteiger charge is -2.01. The largest absolute Gasteiger partial charge is 0.350 e. The summed E-state index contributed by atoms with van der Waals surface area (Å²) >= 11 is 0. The second-order valence-electron chi connectivity index (χ2n) is 1.71. The van der Waals surface area contributed by atoms with Crippen LogP contribution in [0.4, 0.5) is 0 Å². The Morgan fingerprint density at radius 2 is 2.50 bits per heavy atom. The van der Waals surface area contributed by atoms with E-state index in [0.29, 0.717) is 6.02 Å². The fraction of sp³-hybridized carbons (Fsp3) is 0. The molecule has 0 atom stereocenters. The van der Waals surface area contributed by atoms with Crippen LogP contribution in [0.25, 0.3) is 0 Å². The molecule has 2 heterocycles. The molecule has 5 heteroatoms. The number of fused-ring (bicyclic) bond motifs is 1. The summed E-state index contributed by atoms with van der Waals surface area (Å²) in [6.07, 6.45) is 6.59. The fourth-order valence-electron chi connectivity index (χ4n) is 0.643. The summed E-state index contributed by atoms with van der Waals surface area (Å²) in [5.41, 5.74) is 0. The summed E-state index contributed by atoms with van der Waals surface area (Å²) in [5.74, 6) is 0. The first-order chi connectivity index (χ1) is 4.97. The van der Waals surface area contributed by atoms with Gasteiger partial charge in [0.05, 0.1) is 6.21 Å². The van der Waals surface area contributed by atoms with Crippen LogP contribution in [0, 0.1) is 0 Å². The van der Waals surface area contributed by atoms with Crippen LogP contribution < -0.4 is 0 Å². The van der Waals surface area contributed by atoms with Crippen LogP contribution in [0.1, 0.15) is 0 Å². The summed E-state index contributed by atoms with van der Waals surface area (Å²) in [5, 5.41) is 10.8. The molecule has 0 radical (unpaired) electrons. The second-order valence-corrected chi connectivity index (χ2v) is 1.71. The van der Waals surface area contributed by atoms with Crippen LogP contribution in [-0.2, 0) is 4.84 Å². The number of hydrogen-bond acceptors (Lipinski definition) is 5. The Bertz CT molecular complexity index is 252. The average Bonchev–Trinajstić information content (AvgIpc) is 2.28. The average molecular weight is 136 g/mol. The first-order valence-corrected chi connectivity index (χ1v) is 2.73. The third-order valence-corrected chi connectivity index (χ3v) is 1.07. The highest BCUT2D eigenvalue weighted by atomic mass is 16.7. The van der Waals surface area contributed by atoms with Gasteiger partial charge in [-0.3, -0.25) is 4.90 Å². The normalized spacial score (nSPS) is 20.0. The highest BCUT2D eigenvalue weighted by Gasteiger charge is 2.14. The Balaban J connectivity index is 2.35. The van der Waals surface area contributed by atoms with E-state index in [1.54, 1.807) is 23.4 Å². The third kappa shape index (κ3) is 0.680. The van der Waals surface area contributed by atoms with E-state index in [4.69, 9.17) is 4.84 Å². The van der Waals surface area contributed by atoms with Gasteiger partial charge in [0, 0.05) is 6.20 Å². The quantitative estimate of drug-likeness (QED) is 0.475. The van der Waals surface area contributed by atoms with Gasteiger partial charge in [0.15, 0.2) is 0 Å². The molecular formula is C5H4N4O. The van der Waals surface area contributed by atoms with Gasteiger partial charge >= 0.3 is 6.02 Å². The van der Waals surface area contributed by atoms with Crippen LogP contribution in [0.15, 0.2) is 27.6 Å². The molecule has 0 aromatic carbocycles. The molecule has 2 aliphatic heterocycles. The van der Waals surface area contributed by atoms with Gasteiger partial charge in [-0.1, -0.05) is 10.3 Å². The molecule has 0 saturated heterocycles. The van der Waals surface area contributed by atoms with E-state index in [1.165, 1.54) is 6.34 Å². The maximum absolute atomic E-state index is 4.72. The maximum atomic E-state index is 4.72. The summed E-state index contributed by atoms with van der Waals surface area (Å²) in [6, 6.07) is 0.380. The van der Waals surface area contributed by atoms with Crippen LogP contribution in [0.3, 0.4) is 0 Å². The Labute approximate surface area is 57.0 Å². The van der Waals surface area contributed by atoms with Gasteiger partial charge in [0.25, 0.3) is 0 Å². The predicted molar refractivity (Wildman–Crippen MR) is 36.5 cm³/mol. The minimum atomic E-state index is 0.380. The van der Waals surface area contributed by atoms with Gasteiger partial charge in [-0.15, -0.1) is 0 Å². The molecule has 50 valence electrons. The van der Waals surface area contributed by atoms with Crippen LogP contribution in [0.2, 0.25) is 0 Å². The predicted octanol–water partition coefficient (Wildman–Crippen LogP) is 0.131. The van der Waals surface area contributed by atoms with Crippen LogP contribution >= 0.6 is 0 Å². The second kappa shape index (κ2) is 1.94. The van der Waals surface area contributed by atoms with Crippen molar-refractivity contribution in [2.24, 2.45) is 15.4 Å². The van der Waals surface area contributed by atoms with E-state index in [2.05, 4.69) is 15.4 Å². The van der Waals surface area contributed by atoms with Crippen molar-refractivity contribution in [1.29, 1.82) is 0 Å². The highest BCUT2D eigenvalue weighted by Crippen LogP contribution is 2.02. The lowest BCUT2D eigenvalue weighted by Crippen LogP contribution is -2.18. The SMILES string of the molecule is C1=CN2C=NOC2=NN=C1. The molecule has 0 aromatic rings.